The van der Waals surface area contributed by atoms with E-state index in [1.807, 2.05) is 13.8 Å². The maximum Gasteiger partial charge on any atom is 0.471 e. The second-order valence-corrected chi connectivity index (χ2v) is 6.50. The molecule has 0 radical (unpaired) electrons. The Morgan fingerprint density at radius 2 is 1.57 bits per heavy atom. The van der Waals surface area contributed by atoms with E-state index in [1.54, 1.807) is 12.2 Å². The zero-order valence-corrected chi connectivity index (χ0v) is 16.4. The Hall–Kier alpha value is -2.17. The van der Waals surface area contributed by atoms with Gasteiger partial charge in [-0.15, -0.1) is 0 Å². The van der Waals surface area contributed by atoms with E-state index in [9.17, 15) is 32.3 Å². The molecule has 0 aliphatic carbocycles. The lowest BCUT2D eigenvalue weighted by Crippen LogP contribution is -2.47. The molecule has 1 atom stereocenters. The van der Waals surface area contributed by atoms with Crippen molar-refractivity contribution in [3.63, 3.8) is 0 Å². The molecule has 8 nitrogen and oxygen atoms in total. The van der Waals surface area contributed by atoms with Gasteiger partial charge in [-0.25, -0.2) is 0 Å². The van der Waals surface area contributed by atoms with Gasteiger partial charge in [0.2, 0.25) is 11.8 Å². The van der Waals surface area contributed by atoms with Crippen molar-refractivity contribution >= 4 is 23.5 Å². The van der Waals surface area contributed by atoms with Crippen LogP contribution in [-0.4, -0.2) is 61.4 Å². The summed E-state index contributed by atoms with van der Waals surface area (Å²) in [5.41, 5.74) is 0. The standard InChI is InChI=1S/C17H29F3N4O4/c1-4-13(25)12(7-5-6-8-21-16(28)17(18,19)20)24-15(27)10-23-14(26)9-22-11(2)3/h11-12,22H,4-10H2,1-3H3,(H,21,28)(H,23,26)(H,24,27)/t12-/m0/s1. The first kappa shape index (κ1) is 25.8. The van der Waals surface area contributed by atoms with Gasteiger partial charge in [0, 0.05) is 19.0 Å². The zero-order chi connectivity index (χ0) is 21.7. The Labute approximate surface area is 162 Å². The highest BCUT2D eigenvalue weighted by molar-refractivity contribution is 5.91. The van der Waals surface area contributed by atoms with Crippen molar-refractivity contribution < 1.29 is 32.3 Å². The van der Waals surface area contributed by atoms with Crippen LogP contribution >= 0.6 is 0 Å². The van der Waals surface area contributed by atoms with Crippen LogP contribution < -0.4 is 21.3 Å². The Morgan fingerprint density at radius 1 is 0.929 bits per heavy atom. The van der Waals surface area contributed by atoms with Gasteiger partial charge < -0.3 is 21.3 Å². The molecule has 0 aromatic heterocycles. The van der Waals surface area contributed by atoms with Crippen molar-refractivity contribution in [2.45, 2.75) is 64.7 Å². The summed E-state index contributed by atoms with van der Waals surface area (Å²) in [5, 5.41) is 9.58. The monoisotopic (exact) mass is 410 g/mol. The quantitative estimate of drug-likeness (QED) is 0.328. The Bertz CT molecular complexity index is 539. The molecule has 0 bridgehead atoms. The molecule has 0 aromatic carbocycles. The highest BCUT2D eigenvalue weighted by atomic mass is 19.4. The normalized spacial score (nSPS) is 12.4. The summed E-state index contributed by atoms with van der Waals surface area (Å²) in [6, 6.07) is -0.673. The van der Waals surface area contributed by atoms with Crippen molar-refractivity contribution in [2.75, 3.05) is 19.6 Å². The van der Waals surface area contributed by atoms with Crippen LogP contribution in [0.25, 0.3) is 0 Å². The number of amides is 3. The average molecular weight is 410 g/mol. The second kappa shape index (κ2) is 13.1. The molecule has 0 unspecified atom stereocenters. The summed E-state index contributed by atoms with van der Waals surface area (Å²) >= 11 is 0. The average Bonchev–Trinajstić information content (AvgIpc) is 2.61. The van der Waals surface area contributed by atoms with Crippen LogP contribution in [-0.2, 0) is 19.2 Å². The molecule has 0 aromatic rings. The second-order valence-electron chi connectivity index (χ2n) is 6.50. The maximum absolute atomic E-state index is 12.1. The molecule has 162 valence electrons. The van der Waals surface area contributed by atoms with E-state index in [4.69, 9.17) is 0 Å². The maximum atomic E-state index is 12.1. The molecule has 0 aliphatic rings. The lowest BCUT2D eigenvalue weighted by atomic mass is 10.0. The van der Waals surface area contributed by atoms with E-state index >= 15 is 0 Å². The summed E-state index contributed by atoms with van der Waals surface area (Å²) in [6.45, 7) is 4.97. The van der Waals surface area contributed by atoms with E-state index in [0.717, 1.165) is 0 Å². The van der Waals surface area contributed by atoms with Crippen molar-refractivity contribution in [3.05, 3.63) is 0 Å². The molecule has 4 N–H and O–H groups in total. The number of rotatable bonds is 13. The fraction of sp³-hybridized carbons (Fsp3) is 0.765. The van der Waals surface area contributed by atoms with Crippen LogP contribution in [0.2, 0.25) is 0 Å². The van der Waals surface area contributed by atoms with Gasteiger partial charge >= 0.3 is 12.1 Å². The summed E-state index contributed by atoms with van der Waals surface area (Å²) < 4.78 is 36.2. The van der Waals surface area contributed by atoms with Crippen molar-refractivity contribution in [3.8, 4) is 0 Å². The smallest absolute Gasteiger partial charge is 0.348 e. The predicted octanol–water partition coefficient (Wildman–Crippen LogP) is 0.413. The fourth-order valence-corrected chi connectivity index (χ4v) is 2.12. The molecule has 11 heteroatoms. The number of carbonyl (C=O) groups excluding carboxylic acids is 4. The highest BCUT2D eigenvalue weighted by Gasteiger charge is 2.38. The molecular weight excluding hydrogens is 381 g/mol. The van der Waals surface area contributed by atoms with Gasteiger partial charge in [-0.2, -0.15) is 13.2 Å². The molecule has 28 heavy (non-hydrogen) atoms. The molecule has 3 amide bonds. The van der Waals surface area contributed by atoms with Gasteiger partial charge in [-0.1, -0.05) is 20.8 Å². The highest BCUT2D eigenvalue weighted by Crippen LogP contribution is 2.14. The molecule has 0 spiro atoms. The Balaban J connectivity index is 4.26. The number of unbranched alkanes of at least 4 members (excludes halogenated alkanes) is 1. The van der Waals surface area contributed by atoms with Crippen LogP contribution in [0.5, 0.6) is 0 Å². The van der Waals surface area contributed by atoms with Crippen molar-refractivity contribution in [2.24, 2.45) is 0 Å². The first-order valence-corrected chi connectivity index (χ1v) is 9.14. The number of alkyl halides is 3. The number of hydrogen-bond donors (Lipinski definition) is 4. The summed E-state index contributed by atoms with van der Waals surface area (Å²) in [4.78, 5) is 46.1. The summed E-state index contributed by atoms with van der Waals surface area (Å²) in [7, 11) is 0. The van der Waals surface area contributed by atoms with E-state index in [1.165, 1.54) is 0 Å². The van der Waals surface area contributed by atoms with E-state index in [2.05, 4.69) is 16.0 Å². The van der Waals surface area contributed by atoms with E-state index < -0.39 is 24.0 Å². The molecule has 0 rings (SSSR count). The number of halogens is 3. The van der Waals surface area contributed by atoms with Gasteiger partial charge in [0.25, 0.3) is 0 Å². The van der Waals surface area contributed by atoms with Gasteiger partial charge in [0.05, 0.1) is 19.1 Å². The number of hydrogen-bond acceptors (Lipinski definition) is 5. The lowest BCUT2D eigenvalue weighted by molar-refractivity contribution is -0.173. The largest absolute Gasteiger partial charge is 0.471 e. The number of ketones is 1. The first-order chi connectivity index (χ1) is 13.0. The summed E-state index contributed by atoms with van der Waals surface area (Å²) in [5.74, 6) is -3.12. The number of nitrogens with one attached hydrogen (secondary N) is 4. The van der Waals surface area contributed by atoms with Crippen LogP contribution in [0.15, 0.2) is 0 Å². The molecule has 0 saturated carbocycles. The van der Waals surface area contributed by atoms with Gasteiger partial charge in [0.15, 0.2) is 5.78 Å². The minimum atomic E-state index is -4.93. The van der Waals surface area contributed by atoms with Crippen LogP contribution in [0.4, 0.5) is 13.2 Å². The van der Waals surface area contributed by atoms with Crippen LogP contribution in [0.1, 0.15) is 46.5 Å². The molecule has 0 heterocycles. The van der Waals surface area contributed by atoms with Gasteiger partial charge in [-0.05, 0) is 19.3 Å². The Morgan fingerprint density at radius 3 is 2.11 bits per heavy atom. The first-order valence-electron chi connectivity index (χ1n) is 9.14. The van der Waals surface area contributed by atoms with Crippen molar-refractivity contribution in [1.29, 1.82) is 0 Å². The van der Waals surface area contributed by atoms with Crippen molar-refractivity contribution in [1.82, 2.24) is 21.3 Å². The Kier molecular flexibility index (Phi) is 12.1. The van der Waals surface area contributed by atoms with E-state index in [-0.39, 0.29) is 56.6 Å². The molecule has 0 aliphatic heterocycles. The van der Waals surface area contributed by atoms with E-state index in [0.29, 0.717) is 6.42 Å². The number of carbonyl (C=O) groups is 4. The lowest BCUT2D eigenvalue weighted by Gasteiger charge is -2.17. The SMILES string of the molecule is CCC(=O)[C@H](CCCCNC(=O)C(F)(F)F)NC(=O)CNC(=O)CNC(C)C. The predicted molar refractivity (Wildman–Crippen MR) is 96.3 cm³/mol. The topological polar surface area (TPSA) is 116 Å². The van der Waals surface area contributed by atoms with Crippen LogP contribution in [0.3, 0.4) is 0 Å². The minimum absolute atomic E-state index is 0.0614. The van der Waals surface area contributed by atoms with Gasteiger partial charge in [-0.3, -0.25) is 19.2 Å². The minimum Gasteiger partial charge on any atom is -0.348 e. The molecule has 0 saturated heterocycles. The third-order valence-electron chi connectivity index (χ3n) is 3.65. The van der Waals surface area contributed by atoms with Crippen LogP contribution in [0, 0.1) is 0 Å². The fourth-order valence-electron chi connectivity index (χ4n) is 2.12. The number of Topliss-reactive ketones (excluding diaryl/α,β-unsaturated/α-hetero) is 1. The van der Waals surface area contributed by atoms with Gasteiger partial charge in [0.1, 0.15) is 0 Å². The molecular formula is C17H29F3N4O4. The zero-order valence-electron chi connectivity index (χ0n) is 16.4. The third-order valence-corrected chi connectivity index (χ3v) is 3.65. The summed E-state index contributed by atoms with van der Waals surface area (Å²) in [6.07, 6.45) is -3.96. The third kappa shape index (κ3) is 12.3. The molecule has 0 fully saturated rings.